The Kier molecular flexibility index (Phi) is 33.2. The molecule has 3 N–H and O–H groups in total. The normalized spacial score (nSPS) is 11.6. The van der Waals surface area contributed by atoms with Gasteiger partial charge in [0.2, 0.25) is 5.95 Å². The first-order valence-corrected chi connectivity index (χ1v) is 22.2. The predicted octanol–water partition coefficient (Wildman–Crippen LogP) is 13.3. The van der Waals surface area contributed by atoms with E-state index in [1.807, 2.05) is 0 Å². The van der Waals surface area contributed by atoms with Crippen molar-refractivity contribution in [1.29, 1.82) is 0 Å². The van der Waals surface area contributed by atoms with Crippen molar-refractivity contribution in [3.8, 4) is 12.0 Å². The summed E-state index contributed by atoms with van der Waals surface area (Å²) >= 11 is 0. The predicted molar refractivity (Wildman–Crippen MR) is 217 cm³/mol. The lowest BCUT2D eigenvalue weighted by Gasteiger charge is -2.21. The van der Waals surface area contributed by atoms with E-state index >= 15 is 0 Å². The first kappa shape index (κ1) is 46.4. The average molecular weight is 704 g/mol. The minimum Gasteiger partial charge on any atom is -0.460 e. The zero-order valence-electron chi connectivity index (χ0n) is 33.9. The second kappa shape index (κ2) is 35.8. The number of ether oxygens (including phenoxy) is 2. The number of nitrogens with one attached hydrogen (secondary N) is 1. The summed E-state index contributed by atoms with van der Waals surface area (Å²) in [6, 6.07) is 0.862. The summed E-state index contributed by atoms with van der Waals surface area (Å²) in [6.07, 6.45) is 40.0. The molecule has 0 atom stereocenters. The van der Waals surface area contributed by atoms with Gasteiger partial charge in [0.15, 0.2) is 0 Å². The number of aromatic nitrogens is 3. The number of hydrogen-bond donors (Lipinski definition) is 2. The molecule has 294 valence electrons. The summed E-state index contributed by atoms with van der Waals surface area (Å²) in [4.78, 5) is 14.4. The molecule has 0 aliphatic rings. The van der Waals surface area contributed by atoms with Gasteiger partial charge < -0.3 is 20.5 Å². The zero-order chi connectivity index (χ0) is 36.2. The molecule has 0 radical (unpaired) electrons. The summed E-state index contributed by atoms with van der Waals surface area (Å²) in [5.41, 5.74) is 5.71. The molecular weight excluding hydrogens is 619 g/mol. The van der Waals surface area contributed by atoms with Crippen molar-refractivity contribution in [2.24, 2.45) is 5.73 Å². The summed E-state index contributed by atoms with van der Waals surface area (Å²) in [6.45, 7) is 10.7. The lowest BCUT2D eigenvalue weighted by atomic mass is 10.0. The molecule has 0 saturated carbocycles. The highest BCUT2D eigenvalue weighted by Crippen LogP contribution is 2.24. The molecule has 1 rings (SSSR count). The van der Waals surface area contributed by atoms with E-state index in [4.69, 9.17) is 30.2 Å². The average Bonchev–Trinajstić information content (AvgIpc) is 3.12. The Labute approximate surface area is 311 Å². The van der Waals surface area contributed by atoms with Gasteiger partial charge in [0, 0.05) is 6.54 Å². The van der Waals surface area contributed by atoms with Gasteiger partial charge in [-0.15, -0.1) is 4.98 Å². The Balaban J connectivity index is 3.04. The van der Waals surface area contributed by atoms with Crippen LogP contribution < -0.4 is 20.5 Å². The maximum Gasteiger partial charge on any atom is 0.324 e. The number of anilines is 1. The molecule has 1 aromatic heterocycles. The smallest absolute Gasteiger partial charge is 0.324 e. The van der Waals surface area contributed by atoms with Crippen molar-refractivity contribution in [1.82, 2.24) is 15.0 Å². The van der Waals surface area contributed by atoms with E-state index in [2.05, 4.69) is 33.0 Å². The van der Waals surface area contributed by atoms with Gasteiger partial charge in [-0.1, -0.05) is 169 Å². The van der Waals surface area contributed by atoms with Crippen molar-refractivity contribution in [3.05, 3.63) is 0 Å². The highest BCUT2D eigenvalue weighted by Gasteiger charge is 2.18. The van der Waals surface area contributed by atoms with Crippen LogP contribution in [0.2, 0.25) is 0 Å². The van der Waals surface area contributed by atoms with Crippen LogP contribution in [-0.4, -0.2) is 40.2 Å². The van der Waals surface area contributed by atoms with E-state index < -0.39 is 0 Å². The lowest BCUT2D eigenvalue weighted by molar-refractivity contribution is 0.139. The van der Waals surface area contributed by atoms with Crippen LogP contribution in [0.25, 0.3) is 0 Å². The summed E-state index contributed by atoms with van der Waals surface area (Å²) < 4.78 is 13.3. The molecule has 1 aromatic rings. The Hall–Kier alpha value is -1.63. The molecule has 50 heavy (non-hydrogen) atoms. The topological polar surface area (TPSA) is 95.2 Å². The number of rotatable bonds is 39. The van der Waals surface area contributed by atoms with Crippen molar-refractivity contribution < 1.29 is 9.47 Å². The van der Waals surface area contributed by atoms with Crippen LogP contribution in [0.4, 0.5) is 5.95 Å². The molecule has 0 bridgehead atoms. The molecule has 7 heteroatoms. The molecule has 0 aliphatic heterocycles. The summed E-state index contributed by atoms with van der Waals surface area (Å²) in [5, 5.41) is 3.48. The van der Waals surface area contributed by atoms with Crippen LogP contribution >= 0.6 is 0 Å². The second-order valence-electron chi connectivity index (χ2n) is 15.1. The van der Waals surface area contributed by atoms with Crippen LogP contribution in [0, 0.1) is 0 Å². The second-order valence-corrected chi connectivity index (χ2v) is 15.1. The molecule has 0 amide bonds. The SMILES string of the molecule is CCCCCCCCC(CCCCCCCC)Oc1nc(NCCCCCCN)nc(OC(CCCCCCCC)CCCCCCCC)n1. The van der Waals surface area contributed by atoms with E-state index in [1.54, 1.807) is 0 Å². The van der Waals surface area contributed by atoms with Gasteiger partial charge >= 0.3 is 12.0 Å². The molecule has 1 heterocycles. The van der Waals surface area contributed by atoms with Crippen LogP contribution in [0.5, 0.6) is 12.0 Å². The highest BCUT2D eigenvalue weighted by molar-refractivity contribution is 5.27. The monoisotopic (exact) mass is 704 g/mol. The third kappa shape index (κ3) is 28.0. The van der Waals surface area contributed by atoms with Crippen molar-refractivity contribution in [3.63, 3.8) is 0 Å². The Morgan fingerprint density at radius 3 is 1.10 bits per heavy atom. The standard InChI is InChI=1S/C43H85N5O2/c1-5-9-13-17-21-27-33-39(34-28-22-18-14-10-6-2)49-42-46-41(45-38-32-26-25-31-37-44)47-43(48-42)50-40(35-29-23-19-15-11-7-3)36-30-24-20-16-12-8-4/h39-40H,5-38,44H2,1-4H3,(H,45,46,47,48). The van der Waals surface area contributed by atoms with E-state index in [-0.39, 0.29) is 12.2 Å². The third-order valence-electron chi connectivity index (χ3n) is 10.1. The minimum atomic E-state index is 0.133. The largest absolute Gasteiger partial charge is 0.460 e. The first-order valence-electron chi connectivity index (χ1n) is 22.2. The van der Waals surface area contributed by atoms with Gasteiger partial charge in [-0.05, 0) is 70.8 Å². The molecule has 0 spiro atoms. The molecule has 0 saturated heterocycles. The van der Waals surface area contributed by atoms with E-state index in [1.165, 1.54) is 154 Å². The Morgan fingerprint density at radius 2 is 0.740 bits per heavy atom. The number of hydrogen-bond acceptors (Lipinski definition) is 7. The van der Waals surface area contributed by atoms with Gasteiger partial charge in [0.1, 0.15) is 12.2 Å². The quantitative estimate of drug-likeness (QED) is 0.0659. The zero-order valence-corrected chi connectivity index (χ0v) is 33.9. The number of nitrogens with two attached hydrogens (primary N) is 1. The molecule has 0 aromatic carbocycles. The van der Waals surface area contributed by atoms with Gasteiger partial charge in [-0.2, -0.15) is 9.97 Å². The molecule has 0 unspecified atom stereocenters. The highest BCUT2D eigenvalue weighted by atomic mass is 16.5. The van der Waals surface area contributed by atoms with Gasteiger partial charge in [0.25, 0.3) is 0 Å². The molecule has 0 fully saturated rings. The lowest BCUT2D eigenvalue weighted by Crippen LogP contribution is -2.21. The van der Waals surface area contributed by atoms with Crippen molar-refractivity contribution in [2.45, 2.75) is 245 Å². The molecular formula is C43H85N5O2. The summed E-state index contributed by atoms with van der Waals surface area (Å²) in [5.74, 6) is 0.583. The molecule has 7 nitrogen and oxygen atoms in total. The maximum absolute atomic E-state index is 6.67. The number of unbranched alkanes of at least 4 members (excludes halogenated alkanes) is 23. The van der Waals surface area contributed by atoms with Crippen molar-refractivity contribution in [2.75, 3.05) is 18.4 Å². The third-order valence-corrected chi connectivity index (χ3v) is 10.1. The van der Waals surface area contributed by atoms with Crippen LogP contribution in [-0.2, 0) is 0 Å². The van der Waals surface area contributed by atoms with E-state index in [9.17, 15) is 0 Å². The number of nitrogens with zero attached hydrogens (tertiary/aromatic N) is 3. The fourth-order valence-electron chi connectivity index (χ4n) is 6.78. The maximum atomic E-state index is 6.67. The van der Waals surface area contributed by atoms with Crippen LogP contribution in [0.3, 0.4) is 0 Å². The van der Waals surface area contributed by atoms with E-state index in [0.717, 1.165) is 64.5 Å². The fourth-order valence-corrected chi connectivity index (χ4v) is 6.78. The van der Waals surface area contributed by atoms with Gasteiger partial charge in [0.05, 0.1) is 0 Å². The summed E-state index contributed by atoms with van der Waals surface area (Å²) in [7, 11) is 0. The Morgan fingerprint density at radius 1 is 0.420 bits per heavy atom. The first-order chi connectivity index (χ1) is 24.7. The van der Waals surface area contributed by atoms with E-state index in [0.29, 0.717) is 18.0 Å². The molecule has 0 aliphatic carbocycles. The Bertz CT molecular complexity index is 753. The van der Waals surface area contributed by atoms with Crippen LogP contribution in [0.1, 0.15) is 233 Å². The van der Waals surface area contributed by atoms with Gasteiger partial charge in [-0.25, -0.2) is 0 Å². The van der Waals surface area contributed by atoms with Crippen LogP contribution in [0.15, 0.2) is 0 Å². The fraction of sp³-hybridized carbons (Fsp3) is 0.930. The minimum absolute atomic E-state index is 0.133. The van der Waals surface area contributed by atoms with Gasteiger partial charge in [-0.3, -0.25) is 0 Å². The van der Waals surface area contributed by atoms with Crippen molar-refractivity contribution >= 4 is 5.95 Å².